The minimum Gasteiger partial charge on any atom is -0.444 e. The van der Waals surface area contributed by atoms with E-state index in [2.05, 4.69) is 0 Å². The van der Waals surface area contributed by atoms with Crippen molar-refractivity contribution in [3.63, 3.8) is 0 Å². The zero-order valence-electron chi connectivity index (χ0n) is 12.0. The van der Waals surface area contributed by atoms with E-state index in [0.29, 0.717) is 13.0 Å². The third-order valence-electron chi connectivity index (χ3n) is 2.49. The zero-order valence-corrected chi connectivity index (χ0v) is 12.0. The molecule has 0 saturated carbocycles. The highest BCUT2D eigenvalue weighted by Gasteiger charge is 2.26. The Morgan fingerprint density at radius 3 is 2.18 bits per heavy atom. The minimum atomic E-state index is -0.479. The predicted molar refractivity (Wildman–Crippen MR) is 69.0 cm³/mol. The van der Waals surface area contributed by atoms with Gasteiger partial charge in [-0.15, -0.1) is 0 Å². The van der Waals surface area contributed by atoms with E-state index in [1.807, 2.05) is 34.6 Å². The number of aliphatic hydroxyl groups excluding tert-OH is 1. The molecule has 0 bridgehead atoms. The Labute approximate surface area is 105 Å². The summed E-state index contributed by atoms with van der Waals surface area (Å²) in [6, 6.07) is 0.0369. The normalized spacial score (nSPS) is 15.2. The molecule has 0 aromatic rings. The molecular formula is C13H27NO3. The fourth-order valence-corrected chi connectivity index (χ4v) is 1.76. The number of hydrogen-bond donors (Lipinski definition) is 1. The molecule has 4 nitrogen and oxygen atoms in total. The molecule has 0 radical (unpaired) electrons. The van der Waals surface area contributed by atoms with E-state index in [4.69, 9.17) is 4.74 Å². The summed E-state index contributed by atoms with van der Waals surface area (Å²) in [6.45, 7) is 11.8. The standard InChI is InChI=1S/C13H27NO3/c1-7-11(9-10(3)15)14(8-2)12(16)17-13(4,5)6/h10-11,15H,7-9H2,1-6H3/t10-,11-/m1/s1. The number of nitrogens with zero attached hydrogens (tertiary/aromatic N) is 1. The highest BCUT2D eigenvalue weighted by atomic mass is 16.6. The quantitative estimate of drug-likeness (QED) is 0.810. The highest BCUT2D eigenvalue weighted by molar-refractivity contribution is 5.68. The maximum absolute atomic E-state index is 12.0. The second kappa shape index (κ2) is 6.84. The monoisotopic (exact) mass is 245 g/mol. The largest absolute Gasteiger partial charge is 0.444 e. The molecule has 0 fully saturated rings. The van der Waals surface area contributed by atoms with E-state index >= 15 is 0 Å². The molecule has 0 spiro atoms. The average molecular weight is 245 g/mol. The summed E-state index contributed by atoms with van der Waals surface area (Å²) in [4.78, 5) is 13.7. The molecule has 0 heterocycles. The molecule has 0 aliphatic rings. The van der Waals surface area contributed by atoms with E-state index in [1.165, 1.54) is 0 Å². The number of carbonyl (C=O) groups excluding carboxylic acids is 1. The highest BCUT2D eigenvalue weighted by Crippen LogP contribution is 2.16. The van der Waals surface area contributed by atoms with Gasteiger partial charge < -0.3 is 14.7 Å². The van der Waals surface area contributed by atoms with Crippen molar-refractivity contribution in [3.8, 4) is 0 Å². The first-order valence-corrected chi connectivity index (χ1v) is 6.38. The lowest BCUT2D eigenvalue weighted by Crippen LogP contribution is -2.44. The van der Waals surface area contributed by atoms with Gasteiger partial charge >= 0.3 is 6.09 Å². The topological polar surface area (TPSA) is 49.8 Å². The molecule has 1 N–H and O–H groups in total. The zero-order chi connectivity index (χ0) is 13.6. The van der Waals surface area contributed by atoms with Crippen molar-refractivity contribution in [1.82, 2.24) is 4.90 Å². The first-order valence-electron chi connectivity index (χ1n) is 6.38. The van der Waals surface area contributed by atoms with Gasteiger partial charge in [-0.2, -0.15) is 0 Å². The Kier molecular flexibility index (Phi) is 6.53. The fraction of sp³-hybridized carbons (Fsp3) is 0.923. The van der Waals surface area contributed by atoms with Crippen molar-refractivity contribution in [2.75, 3.05) is 6.54 Å². The molecule has 0 aliphatic carbocycles. The SMILES string of the molecule is CC[C@H](C[C@@H](C)O)N(CC)C(=O)OC(C)(C)C. The summed E-state index contributed by atoms with van der Waals surface area (Å²) in [5, 5.41) is 9.43. The van der Waals surface area contributed by atoms with Crippen LogP contribution in [0.15, 0.2) is 0 Å². The second-order valence-electron chi connectivity index (χ2n) is 5.41. The van der Waals surface area contributed by atoms with Gasteiger partial charge in [0, 0.05) is 12.6 Å². The third-order valence-corrected chi connectivity index (χ3v) is 2.49. The molecular weight excluding hydrogens is 218 g/mol. The van der Waals surface area contributed by atoms with Crippen molar-refractivity contribution < 1.29 is 14.6 Å². The van der Waals surface area contributed by atoms with Crippen LogP contribution in [0.2, 0.25) is 0 Å². The summed E-state index contributed by atoms with van der Waals surface area (Å²) in [7, 11) is 0. The molecule has 102 valence electrons. The molecule has 0 unspecified atom stereocenters. The molecule has 0 rings (SSSR count). The summed E-state index contributed by atoms with van der Waals surface area (Å²) in [5.74, 6) is 0. The van der Waals surface area contributed by atoms with Gasteiger partial charge in [-0.05, 0) is 47.5 Å². The number of aliphatic hydroxyl groups is 1. The maximum Gasteiger partial charge on any atom is 0.410 e. The molecule has 0 aromatic carbocycles. The van der Waals surface area contributed by atoms with E-state index in [1.54, 1.807) is 11.8 Å². The van der Waals surface area contributed by atoms with Gasteiger partial charge in [-0.3, -0.25) is 0 Å². The van der Waals surface area contributed by atoms with Crippen molar-refractivity contribution >= 4 is 6.09 Å². The molecule has 1 amide bonds. The lowest BCUT2D eigenvalue weighted by Gasteiger charge is -2.33. The number of rotatable bonds is 5. The van der Waals surface area contributed by atoms with Gasteiger partial charge in [-0.25, -0.2) is 4.79 Å². The minimum absolute atomic E-state index is 0.0369. The van der Waals surface area contributed by atoms with Gasteiger partial charge in [0.25, 0.3) is 0 Å². The fourth-order valence-electron chi connectivity index (χ4n) is 1.76. The van der Waals surface area contributed by atoms with Gasteiger partial charge in [0.2, 0.25) is 0 Å². The molecule has 0 aliphatic heterocycles. The Bertz CT molecular complexity index is 233. The second-order valence-corrected chi connectivity index (χ2v) is 5.41. The molecule has 0 saturated heterocycles. The Hall–Kier alpha value is -0.770. The van der Waals surface area contributed by atoms with Crippen LogP contribution in [0.3, 0.4) is 0 Å². The Morgan fingerprint density at radius 2 is 1.88 bits per heavy atom. The van der Waals surface area contributed by atoms with Crippen LogP contribution in [0.5, 0.6) is 0 Å². The number of hydrogen-bond acceptors (Lipinski definition) is 3. The molecule has 4 heteroatoms. The van der Waals surface area contributed by atoms with Crippen LogP contribution in [-0.2, 0) is 4.74 Å². The summed E-state index contributed by atoms with van der Waals surface area (Å²) >= 11 is 0. The predicted octanol–water partition coefficient (Wildman–Crippen LogP) is 2.79. The number of amides is 1. The molecule has 2 atom stereocenters. The lowest BCUT2D eigenvalue weighted by atomic mass is 10.1. The maximum atomic E-state index is 12.0. The third kappa shape index (κ3) is 6.51. The van der Waals surface area contributed by atoms with E-state index < -0.39 is 11.7 Å². The van der Waals surface area contributed by atoms with Crippen molar-refractivity contribution in [2.24, 2.45) is 0 Å². The Morgan fingerprint density at radius 1 is 1.35 bits per heavy atom. The van der Waals surface area contributed by atoms with Crippen molar-refractivity contribution in [2.45, 2.75) is 72.1 Å². The van der Waals surface area contributed by atoms with E-state index in [9.17, 15) is 9.90 Å². The van der Waals surface area contributed by atoms with Crippen LogP contribution in [0.4, 0.5) is 4.79 Å². The van der Waals surface area contributed by atoms with Gasteiger partial charge in [0.15, 0.2) is 0 Å². The van der Waals surface area contributed by atoms with E-state index in [-0.39, 0.29) is 12.1 Å². The van der Waals surface area contributed by atoms with Gasteiger partial charge in [0.1, 0.15) is 5.60 Å². The first kappa shape index (κ1) is 16.2. The van der Waals surface area contributed by atoms with Crippen LogP contribution < -0.4 is 0 Å². The van der Waals surface area contributed by atoms with Crippen LogP contribution in [-0.4, -0.2) is 40.4 Å². The van der Waals surface area contributed by atoms with Crippen LogP contribution in [0.1, 0.15) is 54.4 Å². The summed E-state index contributed by atoms with van der Waals surface area (Å²) in [5.41, 5.74) is -0.479. The van der Waals surface area contributed by atoms with Crippen molar-refractivity contribution in [1.29, 1.82) is 0 Å². The molecule has 17 heavy (non-hydrogen) atoms. The smallest absolute Gasteiger partial charge is 0.410 e. The van der Waals surface area contributed by atoms with Crippen LogP contribution in [0, 0.1) is 0 Å². The Balaban J connectivity index is 4.62. The van der Waals surface area contributed by atoms with Crippen LogP contribution in [0.25, 0.3) is 0 Å². The van der Waals surface area contributed by atoms with E-state index in [0.717, 1.165) is 6.42 Å². The summed E-state index contributed by atoms with van der Waals surface area (Å²) < 4.78 is 5.36. The first-order chi connectivity index (χ1) is 7.71. The number of ether oxygens (including phenoxy) is 1. The van der Waals surface area contributed by atoms with Gasteiger partial charge in [0.05, 0.1) is 6.10 Å². The molecule has 0 aromatic heterocycles. The van der Waals surface area contributed by atoms with Crippen molar-refractivity contribution in [3.05, 3.63) is 0 Å². The van der Waals surface area contributed by atoms with Gasteiger partial charge in [-0.1, -0.05) is 6.92 Å². The summed E-state index contributed by atoms with van der Waals surface area (Å²) in [6.07, 6.45) is 0.700. The lowest BCUT2D eigenvalue weighted by molar-refractivity contribution is 0.0117. The van der Waals surface area contributed by atoms with Crippen LogP contribution >= 0.6 is 0 Å². The average Bonchev–Trinajstić information content (AvgIpc) is 2.13. The number of carbonyl (C=O) groups is 1.